The second kappa shape index (κ2) is 5.54. The molecule has 0 aliphatic carbocycles. The van der Waals surface area contributed by atoms with Gasteiger partial charge in [-0.1, -0.05) is 54.4 Å². The normalized spacial score (nSPS) is 15.8. The predicted molar refractivity (Wildman–Crippen MR) is 82.9 cm³/mol. The quantitative estimate of drug-likeness (QED) is 0.849. The second-order valence-electron chi connectivity index (χ2n) is 5.06. The third kappa shape index (κ3) is 3.11. The van der Waals surface area contributed by atoms with Crippen molar-refractivity contribution in [2.45, 2.75) is 25.3 Å². The van der Waals surface area contributed by atoms with E-state index in [9.17, 15) is 0 Å². The monoisotopic (exact) mass is 293 g/mol. The third-order valence-electron chi connectivity index (χ3n) is 3.74. The number of hydrogen-bond donors (Lipinski definition) is 1. The molecular weight excluding hydrogens is 277 g/mol. The van der Waals surface area contributed by atoms with Gasteiger partial charge >= 0.3 is 0 Å². The molecule has 2 unspecified atom stereocenters. The van der Waals surface area contributed by atoms with Crippen molar-refractivity contribution in [2.75, 3.05) is 0 Å². The van der Waals surface area contributed by atoms with Crippen molar-refractivity contribution < 1.29 is 0 Å². The minimum atomic E-state index is -0.460. The highest BCUT2D eigenvalue weighted by atomic mass is 35.5. The van der Waals surface area contributed by atoms with E-state index in [1.807, 2.05) is 55.5 Å². The van der Waals surface area contributed by atoms with Crippen molar-refractivity contribution in [1.29, 1.82) is 0 Å². The predicted octanol–water partition coefficient (Wildman–Crippen LogP) is 4.97. The molecule has 0 aromatic heterocycles. The minimum absolute atomic E-state index is 0.172. The topological polar surface area (TPSA) is 26.0 Å². The molecule has 1 nitrogen and oxygen atoms in total. The number of halogens is 2. The molecule has 2 N–H and O–H groups in total. The molecule has 2 rings (SSSR count). The van der Waals surface area contributed by atoms with Crippen LogP contribution >= 0.6 is 23.2 Å². The lowest BCUT2D eigenvalue weighted by molar-refractivity contribution is 0.411. The summed E-state index contributed by atoms with van der Waals surface area (Å²) in [4.78, 5) is 0. The van der Waals surface area contributed by atoms with Crippen LogP contribution in [0.5, 0.6) is 0 Å². The van der Waals surface area contributed by atoms with Crippen molar-refractivity contribution in [2.24, 2.45) is 5.73 Å². The van der Waals surface area contributed by atoms with Gasteiger partial charge in [0.2, 0.25) is 0 Å². The van der Waals surface area contributed by atoms with Crippen LogP contribution in [0.1, 0.15) is 30.9 Å². The van der Waals surface area contributed by atoms with E-state index in [1.165, 1.54) is 5.56 Å². The molecule has 0 saturated heterocycles. The first-order chi connectivity index (χ1) is 8.91. The average Bonchev–Trinajstić information content (AvgIpc) is 2.39. The third-order valence-corrected chi connectivity index (χ3v) is 4.24. The van der Waals surface area contributed by atoms with Crippen LogP contribution in [-0.2, 0) is 5.54 Å². The van der Waals surface area contributed by atoms with Gasteiger partial charge in [-0.05, 0) is 42.3 Å². The molecule has 0 saturated carbocycles. The molecule has 0 radical (unpaired) electrons. The summed E-state index contributed by atoms with van der Waals surface area (Å²) >= 11 is 11.8. The van der Waals surface area contributed by atoms with E-state index in [1.54, 1.807) is 0 Å². The molecule has 2 aromatic carbocycles. The van der Waals surface area contributed by atoms with E-state index in [0.29, 0.717) is 0 Å². The van der Waals surface area contributed by atoms with Gasteiger partial charge in [-0.2, -0.15) is 0 Å². The molecule has 0 bridgehead atoms. The minimum Gasteiger partial charge on any atom is -0.321 e. The molecule has 0 amide bonds. The largest absolute Gasteiger partial charge is 0.321 e. The maximum atomic E-state index is 6.53. The van der Waals surface area contributed by atoms with Gasteiger partial charge in [-0.25, -0.2) is 0 Å². The Bertz CT molecular complexity index is 544. The summed E-state index contributed by atoms with van der Waals surface area (Å²) < 4.78 is 0. The molecule has 0 fully saturated rings. The molecular formula is C16H17Cl2N. The van der Waals surface area contributed by atoms with Gasteiger partial charge in [0.1, 0.15) is 0 Å². The highest BCUT2D eigenvalue weighted by Crippen LogP contribution is 2.35. The second-order valence-corrected chi connectivity index (χ2v) is 5.94. The van der Waals surface area contributed by atoms with Crippen LogP contribution < -0.4 is 5.73 Å². The Morgan fingerprint density at radius 3 is 1.79 bits per heavy atom. The van der Waals surface area contributed by atoms with Gasteiger partial charge in [-0.15, -0.1) is 0 Å². The zero-order valence-electron chi connectivity index (χ0n) is 11.0. The van der Waals surface area contributed by atoms with E-state index < -0.39 is 5.54 Å². The Morgan fingerprint density at radius 1 is 0.895 bits per heavy atom. The molecule has 100 valence electrons. The Morgan fingerprint density at radius 2 is 1.32 bits per heavy atom. The van der Waals surface area contributed by atoms with Crippen molar-refractivity contribution in [3.63, 3.8) is 0 Å². The van der Waals surface area contributed by atoms with Gasteiger partial charge in [0.05, 0.1) is 0 Å². The molecule has 0 aliphatic rings. The highest BCUT2D eigenvalue weighted by Gasteiger charge is 2.29. The fourth-order valence-corrected chi connectivity index (χ4v) is 2.41. The van der Waals surface area contributed by atoms with Gasteiger partial charge in [0.25, 0.3) is 0 Å². The first-order valence-corrected chi connectivity index (χ1v) is 6.97. The Labute approximate surface area is 124 Å². The lowest BCUT2D eigenvalue weighted by Gasteiger charge is -2.32. The number of benzene rings is 2. The molecule has 0 heterocycles. The van der Waals surface area contributed by atoms with Crippen molar-refractivity contribution in [3.8, 4) is 0 Å². The van der Waals surface area contributed by atoms with Gasteiger partial charge in [-0.3, -0.25) is 0 Å². The summed E-state index contributed by atoms with van der Waals surface area (Å²) in [5.41, 5.74) is 8.31. The summed E-state index contributed by atoms with van der Waals surface area (Å²) in [6.45, 7) is 4.16. The van der Waals surface area contributed by atoms with Crippen LogP contribution in [0.25, 0.3) is 0 Å². The summed E-state index contributed by atoms with van der Waals surface area (Å²) in [5, 5.41) is 1.46. The lowest BCUT2D eigenvalue weighted by atomic mass is 9.78. The molecule has 0 spiro atoms. The van der Waals surface area contributed by atoms with Crippen LogP contribution in [0.3, 0.4) is 0 Å². The van der Waals surface area contributed by atoms with E-state index in [2.05, 4.69) is 6.92 Å². The Hall–Kier alpha value is -1.02. The van der Waals surface area contributed by atoms with Gasteiger partial charge in [0.15, 0.2) is 0 Å². The van der Waals surface area contributed by atoms with Crippen LogP contribution in [0.4, 0.5) is 0 Å². The van der Waals surface area contributed by atoms with Crippen molar-refractivity contribution in [1.82, 2.24) is 0 Å². The molecule has 2 atom stereocenters. The number of nitrogens with two attached hydrogens (primary N) is 1. The number of hydrogen-bond acceptors (Lipinski definition) is 1. The molecule has 2 aromatic rings. The van der Waals surface area contributed by atoms with Crippen LogP contribution in [0.2, 0.25) is 10.0 Å². The fourth-order valence-electron chi connectivity index (χ4n) is 2.16. The zero-order valence-corrected chi connectivity index (χ0v) is 12.5. The Kier molecular flexibility index (Phi) is 4.19. The fraction of sp³-hybridized carbons (Fsp3) is 0.250. The van der Waals surface area contributed by atoms with Crippen LogP contribution in [0.15, 0.2) is 48.5 Å². The van der Waals surface area contributed by atoms with Gasteiger partial charge < -0.3 is 5.73 Å². The van der Waals surface area contributed by atoms with E-state index in [0.717, 1.165) is 15.6 Å². The molecule has 19 heavy (non-hydrogen) atoms. The number of rotatable bonds is 3. The van der Waals surface area contributed by atoms with Crippen LogP contribution in [0, 0.1) is 0 Å². The Balaban J connectivity index is 2.32. The van der Waals surface area contributed by atoms with Crippen LogP contribution in [-0.4, -0.2) is 0 Å². The maximum absolute atomic E-state index is 6.53. The SMILES string of the molecule is CC(c1ccc(Cl)cc1)C(C)(N)c1ccc(Cl)cc1. The first kappa shape index (κ1) is 14.4. The summed E-state index contributed by atoms with van der Waals surface area (Å²) in [6.07, 6.45) is 0. The summed E-state index contributed by atoms with van der Waals surface area (Å²) in [7, 11) is 0. The summed E-state index contributed by atoms with van der Waals surface area (Å²) in [5.74, 6) is 0.172. The maximum Gasteiger partial charge on any atom is 0.0447 e. The van der Waals surface area contributed by atoms with Crippen molar-refractivity contribution in [3.05, 3.63) is 69.7 Å². The smallest absolute Gasteiger partial charge is 0.0447 e. The van der Waals surface area contributed by atoms with Gasteiger partial charge in [0, 0.05) is 21.5 Å². The lowest BCUT2D eigenvalue weighted by Crippen LogP contribution is -2.38. The van der Waals surface area contributed by atoms with E-state index in [4.69, 9.17) is 28.9 Å². The van der Waals surface area contributed by atoms with E-state index >= 15 is 0 Å². The standard InChI is InChI=1S/C16H17Cl2N/c1-11(12-3-7-14(17)8-4-12)16(2,19)13-5-9-15(18)10-6-13/h3-11H,19H2,1-2H3. The van der Waals surface area contributed by atoms with E-state index in [-0.39, 0.29) is 5.92 Å². The highest BCUT2D eigenvalue weighted by molar-refractivity contribution is 6.30. The van der Waals surface area contributed by atoms with Crippen molar-refractivity contribution >= 4 is 23.2 Å². The zero-order chi connectivity index (χ0) is 14.0. The average molecular weight is 294 g/mol. The summed E-state index contributed by atoms with van der Waals surface area (Å²) in [6, 6.07) is 15.5. The molecule has 0 aliphatic heterocycles. The molecule has 3 heteroatoms. The first-order valence-electron chi connectivity index (χ1n) is 6.21.